The van der Waals surface area contributed by atoms with Crippen molar-refractivity contribution in [1.29, 1.82) is 0 Å². The molecular weight excluding hydrogens is 307 g/mol. The molecule has 0 spiro atoms. The van der Waals surface area contributed by atoms with E-state index in [1.807, 2.05) is 36.4 Å². The maximum atomic E-state index is 11.6. The molecule has 3 nitrogen and oxygen atoms in total. The SMILES string of the molecule is O=c1c(=O)c2ccc([Se]c3ccccc3)cc2c1=O. The molecular formula is C15H8O3Se. The Balaban J connectivity index is 2.13. The fraction of sp³-hybridized carbons (Fsp3) is 0. The molecule has 0 radical (unpaired) electrons. The topological polar surface area (TPSA) is 51.2 Å². The van der Waals surface area contributed by atoms with Crippen molar-refractivity contribution in [3.63, 3.8) is 0 Å². The molecule has 3 rings (SSSR count). The first kappa shape index (κ1) is 12.0. The van der Waals surface area contributed by atoms with Gasteiger partial charge in [0.15, 0.2) is 0 Å². The Hall–Kier alpha value is -2.03. The molecule has 4 heteroatoms. The summed E-state index contributed by atoms with van der Waals surface area (Å²) in [6.07, 6.45) is 0. The summed E-state index contributed by atoms with van der Waals surface area (Å²) in [6.45, 7) is 0. The van der Waals surface area contributed by atoms with Crippen LogP contribution in [0.15, 0.2) is 62.9 Å². The molecule has 92 valence electrons. The Kier molecular flexibility index (Phi) is 2.90. The molecule has 0 bridgehead atoms. The van der Waals surface area contributed by atoms with Crippen LogP contribution >= 0.6 is 0 Å². The van der Waals surface area contributed by atoms with Crippen LogP contribution in [-0.4, -0.2) is 15.0 Å². The van der Waals surface area contributed by atoms with E-state index < -0.39 is 16.3 Å². The molecule has 0 aliphatic rings. The van der Waals surface area contributed by atoms with Gasteiger partial charge in [-0.15, -0.1) is 0 Å². The van der Waals surface area contributed by atoms with Crippen LogP contribution in [0.5, 0.6) is 0 Å². The average molecular weight is 315 g/mol. The van der Waals surface area contributed by atoms with Gasteiger partial charge in [-0.25, -0.2) is 0 Å². The Morgan fingerprint density at radius 2 is 1.32 bits per heavy atom. The number of fused-ring (bicyclic) bond motifs is 1. The van der Waals surface area contributed by atoms with Gasteiger partial charge >= 0.3 is 114 Å². The van der Waals surface area contributed by atoms with Crippen molar-refractivity contribution >= 4 is 34.7 Å². The summed E-state index contributed by atoms with van der Waals surface area (Å²) in [5.41, 5.74) is -2.27. The quantitative estimate of drug-likeness (QED) is 0.471. The van der Waals surface area contributed by atoms with Crippen molar-refractivity contribution in [3.05, 3.63) is 79.2 Å². The molecule has 0 aromatic heterocycles. The first-order valence-electron chi connectivity index (χ1n) is 5.67. The molecule has 0 N–H and O–H groups in total. The van der Waals surface area contributed by atoms with Gasteiger partial charge in [0, 0.05) is 0 Å². The minimum atomic E-state index is -0.917. The van der Waals surface area contributed by atoms with Gasteiger partial charge in [-0.2, -0.15) is 0 Å². The summed E-state index contributed by atoms with van der Waals surface area (Å²) in [7, 11) is 0. The molecule has 0 heterocycles. The summed E-state index contributed by atoms with van der Waals surface area (Å²) < 4.78 is 2.16. The van der Waals surface area contributed by atoms with Gasteiger partial charge in [0.1, 0.15) is 0 Å². The summed E-state index contributed by atoms with van der Waals surface area (Å²) in [4.78, 5) is 34.5. The first-order valence-corrected chi connectivity index (χ1v) is 7.38. The predicted molar refractivity (Wildman–Crippen MR) is 76.6 cm³/mol. The molecule has 3 aromatic rings. The van der Waals surface area contributed by atoms with Crippen molar-refractivity contribution < 1.29 is 0 Å². The van der Waals surface area contributed by atoms with Crippen molar-refractivity contribution in [2.75, 3.05) is 0 Å². The Bertz CT molecular complexity index is 891. The second kappa shape index (κ2) is 4.57. The van der Waals surface area contributed by atoms with Crippen LogP contribution in [0.2, 0.25) is 0 Å². The Morgan fingerprint density at radius 1 is 0.632 bits per heavy atom. The third kappa shape index (κ3) is 2.05. The fourth-order valence-corrected chi connectivity index (χ4v) is 3.79. The van der Waals surface area contributed by atoms with E-state index in [1.54, 1.807) is 12.1 Å². The van der Waals surface area contributed by atoms with Gasteiger partial charge in [0.05, 0.1) is 0 Å². The van der Waals surface area contributed by atoms with E-state index in [0.717, 1.165) is 4.46 Å². The van der Waals surface area contributed by atoms with Crippen molar-refractivity contribution in [3.8, 4) is 0 Å². The van der Waals surface area contributed by atoms with Crippen LogP contribution in [0.4, 0.5) is 0 Å². The molecule has 0 aliphatic heterocycles. The molecule has 19 heavy (non-hydrogen) atoms. The van der Waals surface area contributed by atoms with E-state index in [9.17, 15) is 14.4 Å². The van der Waals surface area contributed by atoms with Crippen LogP contribution in [0.1, 0.15) is 0 Å². The third-order valence-corrected chi connectivity index (χ3v) is 4.96. The second-order valence-electron chi connectivity index (χ2n) is 4.11. The van der Waals surface area contributed by atoms with Gasteiger partial charge in [0.2, 0.25) is 0 Å². The summed E-state index contributed by atoms with van der Waals surface area (Å²) in [5.74, 6) is 0. The van der Waals surface area contributed by atoms with E-state index in [-0.39, 0.29) is 25.7 Å². The molecule has 0 amide bonds. The molecule has 0 unspecified atom stereocenters. The third-order valence-electron chi connectivity index (χ3n) is 2.87. The molecule has 0 aliphatic carbocycles. The van der Waals surface area contributed by atoms with E-state index in [2.05, 4.69) is 0 Å². The molecule has 0 saturated heterocycles. The average Bonchev–Trinajstić information content (AvgIpc) is 2.65. The van der Waals surface area contributed by atoms with Crippen molar-refractivity contribution in [2.24, 2.45) is 0 Å². The van der Waals surface area contributed by atoms with E-state index in [0.29, 0.717) is 0 Å². The number of benzene rings is 2. The van der Waals surface area contributed by atoms with Crippen LogP contribution in [0.3, 0.4) is 0 Å². The fourth-order valence-electron chi connectivity index (χ4n) is 1.95. The van der Waals surface area contributed by atoms with Gasteiger partial charge in [0.25, 0.3) is 0 Å². The maximum absolute atomic E-state index is 11.6. The van der Waals surface area contributed by atoms with Gasteiger partial charge in [-0.3, -0.25) is 0 Å². The first-order chi connectivity index (χ1) is 9.16. The number of hydrogen-bond donors (Lipinski definition) is 0. The molecule has 0 saturated carbocycles. The van der Waals surface area contributed by atoms with Gasteiger partial charge < -0.3 is 0 Å². The number of rotatable bonds is 2. The van der Waals surface area contributed by atoms with E-state index >= 15 is 0 Å². The number of hydrogen-bond acceptors (Lipinski definition) is 3. The van der Waals surface area contributed by atoms with Crippen molar-refractivity contribution in [2.45, 2.75) is 0 Å². The Morgan fingerprint density at radius 3 is 2.05 bits per heavy atom. The summed E-state index contributed by atoms with van der Waals surface area (Å²) >= 11 is 0.0608. The van der Waals surface area contributed by atoms with Gasteiger partial charge in [-0.05, 0) is 0 Å². The molecule has 0 atom stereocenters. The monoisotopic (exact) mass is 316 g/mol. The van der Waals surface area contributed by atoms with Crippen molar-refractivity contribution in [1.82, 2.24) is 0 Å². The normalized spacial score (nSPS) is 10.9. The standard InChI is InChI=1S/C15H8O3Se/c16-13-11-7-6-10(8-12(11)14(17)15(13)18)19-9-4-2-1-3-5-9/h1-8H. The minimum absolute atomic E-state index is 0.0608. The Labute approximate surface area is 114 Å². The molecule has 0 fully saturated rings. The van der Waals surface area contributed by atoms with Crippen LogP contribution in [0, 0.1) is 0 Å². The van der Waals surface area contributed by atoms with Gasteiger partial charge in [-0.1, -0.05) is 0 Å². The summed E-state index contributed by atoms with van der Waals surface area (Å²) in [6, 6.07) is 15.0. The zero-order valence-corrected chi connectivity index (χ0v) is 11.5. The van der Waals surface area contributed by atoms with E-state index in [1.165, 1.54) is 4.46 Å². The summed E-state index contributed by atoms with van der Waals surface area (Å²) in [5, 5.41) is 0.493. The molecule has 3 aromatic carbocycles. The van der Waals surface area contributed by atoms with Crippen LogP contribution < -0.4 is 25.2 Å². The van der Waals surface area contributed by atoms with Crippen LogP contribution in [-0.2, 0) is 0 Å². The predicted octanol–water partition coefficient (Wildman–Crippen LogP) is -0.549. The zero-order valence-electron chi connectivity index (χ0n) is 9.75. The zero-order chi connectivity index (χ0) is 13.4. The van der Waals surface area contributed by atoms with E-state index in [4.69, 9.17) is 0 Å². The van der Waals surface area contributed by atoms with Crippen LogP contribution in [0.25, 0.3) is 10.8 Å². The second-order valence-corrected chi connectivity index (χ2v) is 6.52.